The summed E-state index contributed by atoms with van der Waals surface area (Å²) in [6.07, 6.45) is 10.5. The summed E-state index contributed by atoms with van der Waals surface area (Å²) < 4.78 is 6.04. The second-order valence-corrected chi connectivity index (χ2v) is 6.88. The number of hydrogen-bond acceptors (Lipinski definition) is 2. The Morgan fingerprint density at radius 3 is 2.71 bits per heavy atom. The lowest BCUT2D eigenvalue weighted by molar-refractivity contribution is -0.153. The summed E-state index contributed by atoms with van der Waals surface area (Å²) in [5, 5.41) is 0. The molecule has 0 bridgehead atoms. The molecule has 2 heteroatoms. The molecule has 4 atom stereocenters. The van der Waals surface area contributed by atoms with E-state index in [1.807, 2.05) is 0 Å². The Balaban J connectivity index is 1.66. The Morgan fingerprint density at radius 1 is 1.18 bits per heavy atom. The molecule has 2 aliphatic carbocycles. The van der Waals surface area contributed by atoms with Crippen molar-refractivity contribution in [3.63, 3.8) is 0 Å². The third-order valence-corrected chi connectivity index (χ3v) is 5.62. The number of rotatable bonds is 1. The van der Waals surface area contributed by atoms with Gasteiger partial charge in [0, 0.05) is 12.6 Å². The third kappa shape index (κ3) is 2.26. The summed E-state index contributed by atoms with van der Waals surface area (Å²) in [6, 6.07) is 0.464. The normalized spacial score (nSPS) is 45.5. The van der Waals surface area contributed by atoms with E-state index in [2.05, 4.69) is 6.92 Å². The highest BCUT2D eigenvalue weighted by atomic mass is 16.5. The van der Waals surface area contributed by atoms with Crippen molar-refractivity contribution in [1.29, 1.82) is 0 Å². The summed E-state index contributed by atoms with van der Waals surface area (Å²) in [5.74, 6) is 2.52. The van der Waals surface area contributed by atoms with Gasteiger partial charge in [-0.3, -0.25) is 0 Å². The largest absolute Gasteiger partial charge is 0.375 e. The van der Waals surface area contributed by atoms with Crippen molar-refractivity contribution in [2.45, 2.75) is 69.9 Å². The maximum atomic E-state index is 6.38. The van der Waals surface area contributed by atoms with E-state index < -0.39 is 0 Å². The summed E-state index contributed by atoms with van der Waals surface area (Å²) in [4.78, 5) is 0. The SMILES string of the molecule is CC1CCC(N)C(C2CCOC3(CCC3)C2)C1. The van der Waals surface area contributed by atoms with Crippen LogP contribution in [0.25, 0.3) is 0 Å². The Morgan fingerprint density at radius 2 is 2.00 bits per heavy atom. The van der Waals surface area contributed by atoms with Crippen LogP contribution in [0.1, 0.15) is 58.3 Å². The van der Waals surface area contributed by atoms with E-state index in [0.29, 0.717) is 11.6 Å². The number of ether oxygens (including phenoxy) is 1. The minimum atomic E-state index is 0.295. The van der Waals surface area contributed by atoms with Gasteiger partial charge in [-0.25, -0.2) is 0 Å². The van der Waals surface area contributed by atoms with Crippen molar-refractivity contribution in [3.05, 3.63) is 0 Å². The zero-order valence-corrected chi connectivity index (χ0v) is 11.2. The van der Waals surface area contributed by atoms with Crippen LogP contribution in [0.3, 0.4) is 0 Å². The lowest BCUT2D eigenvalue weighted by Crippen LogP contribution is -2.50. The standard InChI is InChI=1S/C15H27NO/c1-11-3-4-14(16)13(9-11)12-5-8-17-15(10-12)6-2-7-15/h11-14H,2-10,16H2,1H3. The molecule has 0 aromatic heterocycles. The molecule has 1 heterocycles. The third-order valence-electron chi connectivity index (χ3n) is 5.62. The average Bonchev–Trinajstić information content (AvgIpc) is 2.30. The van der Waals surface area contributed by atoms with Crippen molar-refractivity contribution < 1.29 is 4.74 Å². The molecule has 1 saturated heterocycles. The van der Waals surface area contributed by atoms with E-state index >= 15 is 0 Å². The van der Waals surface area contributed by atoms with Crippen LogP contribution in [0, 0.1) is 17.8 Å². The highest BCUT2D eigenvalue weighted by Crippen LogP contribution is 2.48. The van der Waals surface area contributed by atoms with Gasteiger partial charge in [-0.15, -0.1) is 0 Å². The van der Waals surface area contributed by atoms with Crippen molar-refractivity contribution in [3.8, 4) is 0 Å². The van der Waals surface area contributed by atoms with Gasteiger partial charge in [0.2, 0.25) is 0 Å². The fraction of sp³-hybridized carbons (Fsp3) is 1.00. The molecule has 3 fully saturated rings. The first-order valence-electron chi connectivity index (χ1n) is 7.58. The van der Waals surface area contributed by atoms with Gasteiger partial charge in [0.15, 0.2) is 0 Å². The molecule has 0 radical (unpaired) electrons. The molecule has 3 rings (SSSR count). The molecule has 0 amide bonds. The lowest BCUT2D eigenvalue weighted by Gasteiger charge is -2.50. The van der Waals surface area contributed by atoms with E-state index in [4.69, 9.17) is 10.5 Å². The van der Waals surface area contributed by atoms with Crippen molar-refractivity contribution in [1.82, 2.24) is 0 Å². The second kappa shape index (κ2) is 4.55. The molecular formula is C15H27NO. The monoisotopic (exact) mass is 237 g/mol. The maximum absolute atomic E-state index is 6.38. The maximum Gasteiger partial charge on any atom is 0.0685 e. The van der Waals surface area contributed by atoms with E-state index in [-0.39, 0.29) is 0 Å². The summed E-state index contributed by atoms with van der Waals surface area (Å²) in [5.41, 5.74) is 6.67. The fourth-order valence-electron chi connectivity index (χ4n) is 4.34. The first-order valence-corrected chi connectivity index (χ1v) is 7.58. The average molecular weight is 237 g/mol. The zero-order valence-electron chi connectivity index (χ0n) is 11.2. The smallest absolute Gasteiger partial charge is 0.0685 e. The Bertz CT molecular complexity index is 274. The molecule has 2 N–H and O–H groups in total. The van der Waals surface area contributed by atoms with Gasteiger partial charge in [0.25, 0.3) is 0 Å². The molecule has 3 aliphatic rings. The predicted molar refractivity (Wildman–Crippen MR) is 69.7 cm³/mol. The van der Waals surface area contributed by atoms with Crippen LogP contribution in [0.2, 0.25) is 0 Å². The van der Waals surface area contributed by atoms with Crippen molar-refractivity contribution in [2.75, 3.05) is 6.61 Å². The zero-order chi connectivity index (χ0) is 11.9. The molecule has 1 spiro atoms. The van der Waals surface area contributed by atoms with E-state index in [1.165, 1.54) is 51.4 Å². The molecule has 0 aromatic rings. The Hall–Kier alpha value is -0.0800. The van der Waals surface area contributed by atoms with E-state index in [9.17, 15) is 0 Å². The predicted octanol–water partition coefficient (Wildman–Crippen LogP) is 3.10. The topological polar surface area (TPSA) is 35.2 Å². The van der Waals surface area contributed by atoms with E-state index in [1.54, 1.807) is 0 Å². The van der Waals surface area contributed by atoms with Gasteiger partial charge in [-0.2, -0.15) is 0 Å². The molecule has 17 heavy (non-hydrogen) atoms. The summed E-state index contributed by atoms with van der Waals surface area (Å²) >= 11 is 0. The molecule has 0 aromatic carbocycles. The minimum Gasteiger partial charge on any atom is -0.375 e. The minimum absolute atomic E-state index is 0.295. The fourth-order valence-corrected chi connectivity index (χ4v) is 4.34. The quantitative estimate of drug-likeness (QED) is 0.760. The van der Waals surface area contributed by atoms with Crippen molar-refractivity contribution in [2.24, 2.45) is 23.5 Å². The van der Waals surface area contributed by atoms with Gasteiger partial charge in [-0.1, -0.05) is 6.92 Å². The number of nitrogens with two attached hydrogens (primary N) is 1. The molecule has 4 unspecified atom stereocenters. The summed E-state index contributed by atoms with van der Waals surface area (Å²) in [7, 11) is 0. The lowest BCUT2D eigenvalue weighted by atomic mass is 9.64. The van der Waals surface area contributed by atoms with Crippen LogP contribution >= 0.6 is 0 Å². The summed E-state index contributed by atoms with van der Waals surface area (Å²) in [6.45, 7) is 3.39. The second-order valence-electron chi connectivity index (χ2n) is 6.88. The van der Waals surface area contributed by atoms with Crippen LogP contribution in [-0.4, -0.2) is 18.2 Å². The molecule has 2 nitrogen and oxygen atoms in total. The molecule has 2 saturated carbocycles. The van der Waals surface area contributed by atoms with Gasteiger partial charge in [0.1, 0.15) is 0 Å². The highest BCUT2D eigenvalue weighted by Gasteiger charge is 2.45. The van der Waals surface area contributed by atoms with Crippen LogP contribution < -0.4 is 5.73 Å². The molecule has 1 aliphatic heterocycles. The van der Waals surface area contributed by atoms with Crippen LogP contribution in [-0.2, 0) is 4.74 Å². The first kappa shape index (κ1) is 12.0. The van der Waals surface area contributed by atoms with E-state index in [0.717, 1.165) is 24.4 Å². The molecular weight excluding hydrogens is 210 g/mol. The van der Waals surface area contributed by atoms with Gasteiger partial charge in [-0.05, 0) is 69.1 Å². The van der Waals surface area contributed by atoms with Crippen LogP contribution in [0.15, 0.2) is 0 Å². The van der Waals surface area contributed by atoms with Gasteiger partial charge < -0.3 is 10.5 Å². The van der Waals surface area contributed by atoms with Gasteiger partial charge in [0.05, 0.1) is 5.60 Å². The van der Waals surface area contributed by atoms with Crippen molar-refractivity contribution >= 4 is 0 Å². The van der Waals surface area contributed by atoms with Crippen LogP contribution in [0.5, 0.6) is 0 Å². The molecule has 98 valence electrons. The number of hydrogen-bond donors (Lipinski definition) is 1. The van der Waals surface area contributed by atoms with Crippen LogP contribution in [0.4, 0.5) is 0 Å². The first-order chi connectivity index (χ1) is 8.19. The Kier molecular flexibility index (Phi) is 3.20. The highest BCUT2D eigenvalue weighted by molar-refractivity contribution is 4.97. The van der Waals surface area contributed by atoms with Gasteiger partial charge >= 0.3 is 0 Å². The Labute approximate surface area is 105 Å².